The molecule has 1 amide bonds. The molecule has 6 heteroatoms. The molecule has 1 aromatic carbocycles. The van der Waals surface area contributed by atoms with Gasteiger partial charge in [0.05, 0.1) is 5.52 Å². The maximum atomic E-state index is 12.8. The van der Waals surface area contributed by atoms with Gasteiger partial charge in [-0.1, -0.05) is 26.0 Å². The highest BCUT2D eigenvalue weighted by Gasteiger charge is 2.24. The second-order valence-corrected chi connectivity index (χ2v) is 6.73. The molecule has 0 fully saturated rings. The number of amides is 1. The number of hydrogen-bond acceptors (Lipinski definition) is 4. The Bertz CT molecular complexity index is 869. The first-order chi connectivity index (χ1) is 12.6. The van der Waals surface area contributed by atoms with Crippen molar-refractivity contribution in [1.82, 2.24) is 14.8 Å². The fourth-order valence-corrected chi connectivity index (χ4v) is 3.75. The molecular formula is C20H27N3O3. The van der Waals surface area contributed by atoms with Gasteiger partial charge in [-0.3, -0.25) is 9.59 Å². The molecule has 0 radical (unpaired) electrons. The summed E-state index contributed by atoms with van der Waals surface area (Å²) in [6, 6.07) is 5.61. The van der Waals surface area contributed by atoms with Gasteiger partial charge in [0.2, 0.25) is 0 Å². The van der Waals surface area contributed by atoms with E-state index in [-0.39, 0.29) is 11.3 Å². The van der Waals surface area contributed by atoms with Gasteiger partial charge in [-0.05, 0) is 50.5 Å². The quantitative estimate of drug-likeness (QED) is 0.745. The molecule has 2 N–H and O–H groups in total. The molecule has 1 aromatic heterocycles. The first kappa shape index (κ1) is 18.5. The molecule has 0 saturated heterocycles. The van der Waals surface area contributed by atoms with Crippen molar-refractivity contribution >= 4 is 16.8 Å². The molecule has 140 valence electrons. The first-order valence-corrected chi connectivity index (χ1v) is 9.46. The number of para-hydroxylation sites is 1. The lowest BCUT2D eigenvalue weighted by atomic mass is 9.99. The third kappa shape index (κ3) is 3.33. The minimum absolute atomic E-state index is 0.139. The van der Waals surface area contributed by atoms with Gasteiger partial charge in [0.1, 0.15) is 11.3 Å². The van der Waals surface area contributed by atoms with E-state index >= 15 is 0 Å². The van der Waals surface area contributed by atoms with E-state index < -0.39 is 11.5 Å². The van der Waals surface area contributed by atoms with E-state index in [1.807, 2.05) is 12.1 Å². The van der Waals surface area contributed by atoms with E-state index in [1.165, 1.54) is 0 Å². The normalized spacial score (nSPS) is 13.3. The maximum Gasteiger partial charge on any atom is 0.267 e. The highest BCUT2D eigenvalue weighted by molar-refractivity contribution is 6.02. The smallest absolute Gasteiger partial charge is 0.267 e. The Kier molecular flexibility index (Phi) is 5.61. The summed E-state index contributed by atoms with van der Waals surface area (Å²) in [5.74, 6) is -0.695. The number of nitrogens with one attached hydrogen (secondary N) is 1. The van der Waals surface area contributed by atoms with Crippen molar-refractivity contribution in [3.63, 3.8) is 0 Å². The average Bonchev–Trinajstić information content (AvgIpc) is 2.66. The highest BCUT2D eigenvalue weighted by Crippen LogP contribution is 2.31. The lowest BCUT2D eigenvalue weighted by molar-refractivity contribution is 0.0947. The lowest BCUT2D eigenvalue weighted by Crippen LogP contribution is -2.36. The van der Waals surface area contributed by atoms with Crippen LogP contribution in [0.4, 0.5) is 0 Å². The SMILES string of the molecule is CCN(CC)CCCNC(=O)c1c(O)c2cccc3c2n(c1=O)CCC3. The number of aryl methyl sites for hydroxylation is 2. The molecule has 2 heterocycles. The van der Waals surface area contributed by atoms with Crippen molar-refractivity contribution in [1.29, 1.82) is 0 Å². The van der Waals surface area contributed by atoms with Crippen LogP contribution in [0.3, 0.4) is 0 Å². The summed E-state index contributed by atoms with van der Waals surface area (Å²) >= 11 is 0. The van der Waals surface area contributed by atoms with Crippen LogP contribution in [0.2, 0.25) is 0 Å². The predicted octanol–water partition coefficient (Wildman–Crippen LogP) is 2.11. The van der Waals surface area contributed by atoms with Gasteiger partial charge in [-0.15, -0.1) is 0 Å². The van der Waals surface area contributed by atoms with Crippen LogP contribution < -0.4 is 10.9 Å². The molecule has 6 nitrogen and oxygen atoms in total. The molecule has 1 aliphatic heterocycles. The molecule has 3 rings (SSSR count). The zero-order valence-electron chi connectivity index (χ0n) is 15.5. The Hall–Kier alpha value is -2.34. The van der Waals surface area contributed by atoms with Crippen LogP contribution >= 0.6 is 0 Å². The van der Waals surface area contributed by atoms with Crippen LogP contribution in [0.1, 0.15) is 42.6 Å². The number of pyridine rings is 1. The summed E-state index contributed by atoms with van der Waals surface area (Å²) in [6.45, 7) is 8.11. The van der Waals surface area contributed by atoms with Crippen molar-refractivity contribution in [2.75, 3.05) is 26.2 Å². The van der Waals surface area contributed by atoms with Crippen molar-refractivity contribution in [3.05, 3.63) is 39.7 Å². The number of aromatic hydroxyl groups is 1. The third-order valence-corrected chi connectivity index (χ3v) is 5.23. The molecule has 26 heavy (non-hydrogen) atoms. The van der Waals surface area contributed by atoms with Crippen LogP contribution in [0.5, 0.6) is 5.75 Å². The predicted molar refractivity (Wildman–Crippen MR) is 103 cm³/mol. The molecule has 0 bridgehead atoms. The van der Waals surface area contributed by atoms with E-state index in [0.717, 1.165) is 50.0 Å². The van der Waals surface area contributed by atoms with E-state index in [4.69, 9.17) is 0 Å². The summed E-state index contributed by atoms with van der Waals surface area (Å²) < 4.78 is 1.64. The van der Waals surface area contributed by atoms with Crippen molar-refractivity contribution in [2.24, 2.45) is 0 Å². The van der Waals surface area contributed by atoms with Crippen molar-refractivity contribution in [2.45, 2.75) is 39.7 Å². The van der Waals surface area contributed by atoms with E-state index in [2.05, 4.69) is 24.1 Å². The van der Waals surface area contributed by atoms with Crippen LogP contribution in [0.15, 0.2) is 23.0 Å². The van der Waals surface area contributed by atoms with Crippen LogP contribution in [0, 0.1) is 0 Å². The van der Waals surface area contributed by atoms with Crippen LogP contribution in [-0.4, -0.2) is 46.7 Å². The number of nitrogens with zero attached hydrogens (tertiary/aromatic N) is 2. The Balaban J connectivity index is 1.84. The molecule has 0 aliphatic carbocycles. The maximum absolute atomic E-state index is 12.8. The van der Waals surface area contributed by atoms with Crippen molar-refractivity contribution in [3.8, 4) is 5.75 Å². The number of carbonyl (C=O) groups is 1. The zero-order valence-corrected chi connectivity index (χ0v) is 15.5. The second-order valence-electron chi connectivity index (χ2n) is 6.73. The first-order valence-electron chi connectivity index (χ1n) is 9.46. The van der Waals surface area contributed by atoms with Gasteiger partial charge >= 0.3 is 0 Å². The monoisotopic (exact) mass is 357 g/mol. The van der Waals surface area contributed by atoms with Gasteiger partial charge in [0, 0.05) is 18.5 Å². The van der Waals surface area contributed by atoms with Gasteiger partial charge in [0.25, 0.3) is 11.5 Å². The standard InChI is InChI=1S/C20H27N3O3/c1-3-22(4-2)12-7-11-21-19(25)16-18(24)15-10-5-8-14-9-6-13-23(17(14)15)20(16)26/h5,8,10,24H,3-4,6-7,9,11-13H2,1-2H3,(H,21,25). The van der Waals surface area contributed by atoms with Crippen LogP contribution in [-0.2, 0) is 13.0 Å². The molecule has 0 spiro atoms. The number of benzene rings is 1. The number of carbonyl (C=O) groups excluding carboxylic acids is 1. The average molecular weight is 357 g/mol. The van der Waals surface area contributed by atoms with Gasteiger partial charge < -0.3 is 19.9 Å². The minimum atomic E-state index is -0.492. The summed E-state index contributed by atoms with van der Waals surface area (Å²) in [6.07, 6.45) is 2.55. The summed E-state index contributed by atoms with van der Waals surface area (Å²) in [5.41, 5.74) is 1.27. The van der Waals surface area contributed by atoms with Gasteiger partial charge in [-0.25, -0.2) is 0 Å². The Morgan fingerprint density at radius 2 is 2.08 bits per heavy atom. The van der Waals surface area contributed by atoms with Gasteiger partial charge in [-0.2, -0.15) is 0 Å². The third-order valence-electron chi connectivity index (χ3n) is 5.23. The topological polar surface area (TPSA) is 74.6 Å². The number of hydrogen-bond donors (Lipinski definition) is 2. The minimum Gasteiger partial charge on any atom is -0.506 e. The Labute approximate surface area is 153 Å². The van der Waals surface area contributed by atoms with E-state index in [0.29, 0.717) is 18.5 Å². The van der Waals surface area contributed by atoms with Gasteiger partial charge in [0.15, 0.2) is 0 Å². The molecule has 0 atom stereocenters. The zero-order chi connectivity index (χ0) is 18.7. The summed E-state index contributed by atoms with van der Waals surface area (Å²) in [5, 5.41) is 14.0. The molecular weight excluding hydrogens is 330 g/mol. The number of aromatic nitrogens is 1. The lowest BCUT2D eigenvalue weighted by Gasteiger charge is -2.21. The largest absolute Gasteiger partial charge is 0.506 e. The molecule has 2 aromatic rings. The number of rotatable bonds is 7. The fraction of sp³-hybridized carbons (Fsp3) is 0.500. The van der Waals surface area contributed by atoms with E-state index in [9.17, 15) is 14.7 Å². The molecule has 0 saturated carbocycles. The second kappa shape index (κ2) is 7.91. The van der Waals surface area contributed by atoms with E-state index in [1.54, 1.807) is 10.6 Å². The highest BCUT2D eigenvalue weighted by atomic mass is 16.3. The Morgan fingerprint density at radius 3 is 2.81 bits per heavy atom. The summed E-state index contributed by atoms with van der Waals surface area (Å²) in [4.78, 5) is 27.7. The van der Waals surface area contributed by atoms with Crippen LogP contribution in [0.25, 0.3) is 10.9 Å². The molecule has 1 aliphatic rings. The summed E-state index contributed by atoms with van der Waals surface area (Å²) in [7, 11) is 0. The Morgan fingerprint density at radius 1 is 1.31 bits per heavy atom. The van der Waals surface area contributed by atoms with Crippen molar-refractivity contribution < 1.29 is 9.90 Å². The molecule has 0 unspecified atom stereocenters. The fourth-order valence-electron chi connectivity index (χ4n) is 3.75.